The van der Waals surface area contributed by atoms with Crippen molar-refractivity contribution in [1.82, 2.24) is 0 Å². The summed E-state index contributed by atoms with van der Waals surface area (Å²) in [6.07, 6.45) is -6.76. The first-order valence-corrected chi connectivity index (χ1v) is 14.1. The molecular weight excluding hydrogens is 499 g/mol. The zero-order valence-corrected chi connectivity index (χ0v) is 22.7. The van der Waals surface area contributed by atoms with Crippen LogP contribution in [0.15, 0.2) is 0 Å². The minimum atomic E-state index is -4.03. The van der Waals surface area contributed by atoms with Gasteiger partial charge in [-0.3, -0.25) is 4.57 Å². The van der Waals surface area contributed by atoms with E-state index in [0.717, 1.165) is 6.42 Å². The molecule has 0 saturated carbocycles. The Bertz CT molecular complexity index is 703. The fraction of sp³-hybridized carbons (Fsp3) is 1.00. The second-order valence-electron chi connectivity index (χ2n) is 10.7. The van der Waals surface area contributed by atoms with Crippen LogP contribution in [-0.4, -0.2) is 111 Å². The average molecular weight is 545 g/mol. The third-order valence-electron chi connectivity index (χ3n) is 6.79. The molecule has 2 aliphatic rings. The summed E-state index contributed by atoms with van der Waals surface area (Å²) in [5.74, 6) is -1.17. The SMILES string of the molecule is CC1C(OCCCCCO)OC(COC2OC(COP(=O)(O)C(C)(C)C)C(O)C(O)C2C)C(O)C1O. The second kappa shape index (κ2) is 13.7. The number of unbranched alkanes of at least 4 members (excludes halogenated alkanes) is 2. The fourth-order valence-corrected chi connectivity index (χ4v) is 4.68. The minimum absolute atomic E-state index is 0.108. The molecule has 36 heavy (non-hydrogen) atoms. The minimum Gasteiger partial charge on any atom is -0.396 e. The molecule has 2 saturated heterocycles. The van der Waals surface area contributed by atoms with Crippen molar-refractivity contribution in [2.45, 2.75) is 108 Å². The predicted octanol–water partition coefficient (Wildman–Crippen LogP) is 0.348. The number of aliphatic hydroxyl groups excluding tert-OH is 5. The Morgan fingerprint density at radius 2 is 1.28 bits per heavy atom. The van der Waals surface area contributed by atoms with E-state index in [2.05, 4.69) is 0 Å². The summed E-state index contributed by atoms with van der Waals surface area (Å²) in [6, 6.07) is 0. The summed E-state index contributed by atoms with van der Waals surface area (Å²) in [6.45, 7) is 7.77. The largest absolute Gasteiger partial charge is 0.396 e. The lowest BCUT2D eigenvalue weighted by Crippen LogP contribution is -2.58. The molecule has 2 heterocycles. The predicted molar refractivity (Wildman–Crippen MR) is 128 cm³/mol. The van der Waals surface area contributed by atoms with Crippen LogP contribution in [0.4, 0.5) is 0 Å². The van der Waals surface area contributed by atoms with Crippen LogP contribution in [0.5, 0.6) is 0 Å². The second-order valence-corrected chi connectivity index (χ2v) is 13.4. The Morgan fingerprint density at radius 3 is 1.78 bits per heavy atom. The molecule has 0 aromatic rings. The normalized spacial score (nSPS) is 39.6. The summed E-state index contributed by atoms with van der Waals surface area (Å²) < 4.78 is 40.7. The van der Waals surface area contributed by atoms with Crippen LogP contribution < -0.4 is 0 Å². The van der Waals surface area contributed by atoms with Crippen molar-refractivity contribution in [2.24, 2.45) is 11.8 Å². The lowest BCUT2D eigenvalue weighted by atomic mass is 9.91. The van der Waals surface area contributed by atoms with Crippen LogP contribution in [-0.2, 0) is 28.0 Å². The van der Waals surface area contributed by atoms with Gasteiger partial charge in [0, 0.05) is 25.0 Å². The molecule has 0 aromatic carbocycles. The average Bonchev–Trinajstić information content (AvgIpc) is 2.81. The number of rotatable bonds is 12. The molecule has 11 unspecified atom stereocenters. The van der Waals surface area contributed by atoms with E-state index in [4.69, 9.17) is 28.6 Å². The first kappa shape index (κ1) is 32.0. The maximum atomic E-state index is 12.4. The smallest absolute Gasteiger partial charge is 0.333 e. The zero-order chi connectivity index (χ0) is 27.3. The molecule has 2 fully saturated rings. The maximum Gasteiger partial charge on any atom is 0.333 e. The van der Waals surface area contributed by atoms with Gasteiger partial charge in [0.05, 0.1) is 30.6 Å². The van der Waals surface area contributed by atoms with Gasteiger partial charge in [-0.1, -0.05) is 13.8 Å². The van der Waals surface area contributed by atoms with Crippen molar-refractivity contribution in [1.29, 1.82) is 0 Å². The van der Waals surface area contributed by atoms with Gasteiger partial charge >= 0.3 is 7.60 Å². The zero-order valence-electron chi connectivity index (χ0n) is 21.8. The van der Waals surface area contributed by atoms with E-state index < -0.39 is 80.4 Å². The van der Waals surface area contributed by atoms with Gasteiger partial charge in [-0.25, -0.2) is 0 Å². The first-order valence-electron chi connectivity index (χ1n) is 12.6. The lowest BCUT2D eigenvalue weighted by Gasteiger charge is -2.44. The quantitative estimate of drug-likeness (QED) is 0.147. The number of hydrogen-bond donors (Lipinski definition) is 6. The molecule has 0 aliphatic carbocycles. The Hall–Kier alpha value is -0.210. The van der Waals surface area contributed by atoms with Crippen molar-refractivity contribution < 1.29 is 58.5 Å². The molecule has 12 nitrogen and oxygen atoms in total. The summed E-state index contributed by atoms with van der Waals surface area (Å²) >= 11 is 0. The van der Waals surface area contributed by atoms with Gasteiger partial charge in [-0.2, -0.15) is 0 Å². The van der Waals surface area contributed by atoms with Gasteiger partial charge < -0.3 is 53.9 Å². The van der Waals surface area contributed by atoms with Gasteiger partial charge in [0.15, 0.2) is 12.6 Å². The van der Waals surface area contributed by atoms with Gasteiger partial charge in [-0.05, 0) is 40.0 Å². The molecule has 0 bridgehead atoms. The third-order valence-corrected chi connectivity index (χ3v) is 8.98. The number of hydrogen-bond acceptors (Lipinski definition) is 11. The van der Waals surface area contributed by atoms with E-state index in [1.807, 2.05) is 0 Å². The highest BCUT2D eigenvalue weighted by atomic mass is 31.2. The van der Waals surface area contributed by atoms with E-state index in [0.29, 0.717) is 19.4 Å². The van der Waals surface area contributed by atoms with Crippen LogP contribution in [0, 0.1) is 11.8 Å². The maximum absolute atomic E-state index is 12.4. The van der Waals surface area contributed by atoms with Crippen molar-refractivity contribution in [3.8, 4) is 0 Å². The van der Waals surface area contributed by atoms with Crippen LogP contribution in [0.3, 0.4) is 0 Å². The van der Waals surface area contributed by atoms with Gasteiger partial charge in [0.1, 0.15) is 24.4 Å². The highest BCUT2D eigenvalue weighted by Crippen LogP contribution is 2.55. The van der Waals surface area contributed by atoms with Gasteiger partial charge in [0.25, 0.3) is 0 Å². The third kappa shape index (κ3) is 8.14. The van der Waals surface area contributed by atoms with Gasteiger partial charge in [0.2, 0.25) is 0 Å². The summed E-state index contributed by atoms with van der Waals surface area (Å²) in [5.41, 5.74) is 0. The highest BCUT2D eigenvalue weighted by molar-refractivity contribution is 7.54. The molecule has 0 spiro atoms. The standard InChI is InChI=1S/C23H45O12P/c1-13-17(25)19(27)15(34-21(13)31-10-8-6-7-9-24)11-32-22-14(2)18(26)20(28)16(35-22)12-33-36(29,30)23(3,4)5/h13-22,24-28H,6-12H2,1-5H3,(H,29,30). The summed E-state index contributed by atoms with van der Waals surface area (Å²) in [4.78, 5) is 10.1. The molecular formula is C23H45O12P. The van der Waals surface area contributed by atoms with Crippen LogP contribution in [0.2, 0.25) is 0 Å². The van der Waals surface area contributed by atoms with Crippen molar-refractivity contribution in [3.63, 3.8) is 0 Å². The molecule has 13 heteroatoms. The van der Waals surface area contributed by atoms with Crippen molar-refractivity contribution in [3.05, 3.63) is 0 Å². The molecule has 0 amide bonds. The van der Waals surface area contributed by atoms with E-state index in [1.54, 1.807) is 34.6 Å². The summed E-state index contributed by atoms with van der Waals surface area (Å²) in [7, 11) is -4.03. The summed E-state index contributed by atoms with van der Waals surface area (Å²) in [5, 5.41) is 49.7. The highest BCUT2D eigenvalue weighted by Gasteiger charge is 2.47. The number of ether oxygens (including phenoxy) is 4. The van der Waals surface area contributed by atoms with Crippen LogP contribution in [0.1, 0.15) is 53.9 Å². The Morgan fingerprint density at radius 1 is 0.778 bits per heavy atom. The monoisotopic (exact) mass is 544 g/mol. The van der Waals surface area contributed by atoms with Crippen molar-refractivity contribution in [2.75, 3.05) is 26.4 Å². The van der Waals surface area contributed by atoms with Crippen LogP contribution >= 0.6 is 7.60 Å². The first-order chi connectivity index (χ1) is 16.7. The molecule has 214 valence electrons. The molecule has 6 N–H and O–H groups in total. The molecule has 0 radical (unpaired) electrons. The molecule has 2 aliphatic heterocycles. The Kier molecular flexibility index (Phi) is 12.2. The van der Waals surface area contributed by atoms with Crippen molar-refractivity contribution >= 4 is 7.60 Å². The molecule has 11 atom stereocenters. The lowest BCUT2D eigenvalue weighted by molar-refractivity contribution is -0.315. The topological polar surface area (TPSA) is 185 Å². The molecule has 2 rings (SSSR count). The van der Waals surface area contributed by atoms with Crippen LogP contribution in [0.25, 0.3) is 0 Å². The van der Waals surface area contributed by atoms with E-state index in [-0.39, 0.29) is 13.2 Å². The Balaban J connectivity index is 1.97. The Labute approximate surface area is 213 Å². The van der Waals surface area contributed by atoms with E-state index in [1.165, 1.54) is 0 Å². The van der Waals surface area contributed by atoms with E-state index in [9.17, 15) is 29.9 Å². The molecule has 0 aromatic heterocycles. The van der Waals surface area contributed by atoms with Gasteiger partial charge in [-0.15, -0.1) is 0 Å². The number of aliphatic hydroxyl groups is 5. The van der Waals surface area contributed by atoms with E-state index >= 15 is 0 Å². The fourth-order valence-electron chi connectivity index (χ4n) is 3.94.